The third-order valence-electron chi connectivity index (χ3n) is 11.8. The molecule has 9 aromatic carbocycles. The van der Waals surface area contributed by atoms with Crippen molar-refractivity contribution in [1.82, 2.24) is 9.55 Å². The van der Waals surface area contributed by atoms with Gasteiger partial charge in [0.05, 0.1) is 11.0 Å². The standard InChI is InChI=1S/C52H36N2/c1-52(2)45-21-11-10-18-39(45)40-28-27-37(32-46(40)52)49-41-19-8-9-20-42(41)50(51-53-47-22-12-13-23-48(47)54(51)38-16-4-3-5-17-38)43-29-26-36(31-44(43)49)35-25-24-33-14-6-7-15-34(33)30-35/h3-32H,1-2H3. The van der Waals surface area contributed by atoms with Crippen molar-refractivity contribution >= 4 is 43.4 Å². The van der Waals surface area contributed by atoms with Crippen LogP contribution in [0, 0.1) is 0 Å². The molecule has 0 unspecified atom stereocenters. The molecule has 0 aliphatic heterocycles. The molecule has 0 saturated heterocycles. The number of nitrogens with zero attached hydrogens (tertiary/aromatic N) is 2. The lowest BCUT2D eigenvalue weighted by Gasteiger charge is -2.23. The Morgan fingerprint density at radius 1 is 0.426 bits per heavy atom. The summed E-state index contributed by atoms with van der Waals surface area (Å²) in [6, 6.07) is 66.7. The van der Waals surface area contributed by atoms with E-state index in [1.54, 1.807) is 0 Å². The first-order valence-electron chi connectivity index (χ1n) is 18.8. The Bertz CT molecular complexity index is 3130. The van der Waals surface area contributed by atoms with Crippen LogP contribution in [-0.4, -0.2) is 9.55 Å². The summed E-state index contributed by atoms with van der Waals surface area (Å²) < 4.78 is 2.34. The number of imidazole rings is 1. The van der Waals surface area contributed by atoms with E-state index in [1.807, 2.05) is 0 Å². The van der Waals surface area contributed by atoms with Gasteiger partial charge in [-0.3, -0.25) is 4.57 Å². The van der Waals surface area contributed by atoms with Crippen molar-refractivity contribution in [2.75, 3.05) is 0 Å². The van der Waals surface area contributed by atoms with E-state index in [1.165, 1.54) is 76.8 Å². The van der Waals surface area contributed by atoms with Gasteiger partial charge in [0.15, 0.2) is 0 Å². The van der Waals surface area contributed by atoms with Crippen LogP contribution in [-0.2, 0) is 5.41 Å². The molecule has 1 aromatic heterocycles. The van der Waals surface area contributed by atoms with E-state index in [2.05, 4.69) is 200 Å². The minimum atomic E-state index is -0.107. The Labute approximate surface area is 314 Å². The van der Waals surface area contributed by atoms with E-state index in [9.17, 15) is 0 Å². The van der Waals surface area contributed by atoms with Crippen molar-refractivity contribution < 1.29 is 0 Å². The smallest absolute Gasteiger partial charge is 0.146 e. The third kappa shape index (κ3) is 4.50. The average Bonchev–Trinajstić information content (AvgIpc) is 3.71. The molecule has 1 heterocycles. The monoisotopic (exact) mass is 688 g/mol. The van der Waals surface area contributed by atoms with Gasteiger partial charge >= 0.3 is 0 Å². The van der Waals surface area contributed by atoms with Crippen molar-refractivity contribution in [2.45, 2.75) is 19.3 Å². The lowest BCUT2D eigenvalue weighted by molar-refractivity contribution is 0.660. The first kappa shape index (κ1) is 30.8. The van der Waals surface area contributed by atoms with E-state index >= 15 is 0 Å². The molecule has 2 nitrogen and oxygen atoms in total. The fourth-order valence-electron chi connectivity index (χ4n) is 9.17. The zero-order chi connectivity index (χ0) is 36.0. The maximum atomic E-state index is 5.43. The second kappa shape index (κ2) is 11.6. The van der Waals surface area contributed by atoms with Gasteiger partial charge in [-0.1, -0.05) is 153 Å². The van der Waals surface area contributed by atoms with E-state index < -0.39 is 0 Å². The Kier molecular flexibility index (Phi) is 6.63. The Morgan fingerprint density at radius 2 is 1.06 bits per heavy atom. The van der Waals surface area contributed by atoms with Crippen LogP contribution in [0.25, 0.3) is 93.8 Å². The lowest BCUT2D eigenvalue weighted by atomic mass is 9.80. The molecule has 1 aliphatic carbocycles. The normalized spacial score (nSPS) is 13.1. The highest BCUT2D eigenvalue weighted by Gasteiger charge is 2.35. The fourth-order valence-corrected chi connectivity index (χ4v) is 9.17. The van der Waals surface area contributed by atoms with E-state index in [-0.39, 0.29) is 5.41 Å². The number of para-hydroxylation sites is 3. The topological polar surface area (TPSA) is 17.8 Å². The zero-order valence-electron chi connectivity index (χ0n) is 30.2. The van der Waals surface area contributed by atoms with Gasteiger partial charge in [0, 0.05) is 16.7 Å². The van der Waals surface area contributed by atoms with Crippen LogP contribution >= 0.6 is 0 Å². The highest BCUT2D eigenvalue weighted by atomic mass is 15.1. The molecule has 2 heteroatoms. The average molecular weight is 689 g/mol. The molecule has 0 radical (unpaired) electrons. The van der Waals surface area contributed by atoms with Crippen LogP contribution in [0.3, 0.4) is 0 Å². The molecule has 0 atom stereocenters. The number of hydrogen-bond donors (Lipinski definition) is 0. The molecule has 0 saturated carbocycles. The number of fused-ring (bicyclic) bond motifs is 7. The zero-order valence-corrected chi connectivity index (χ0v) is 30.2. The molecule has 54 heavy (non-hydrogen) atoms. The molecule has 0 amide bonds. The van der Waals surface area contributed by atoms with E-state index in [4.69, 9.17) is 4.98 Å². The highest BCUT2D eigenvalue weighted by Crippen LogP contribution is 2.51. The predicted octanol–water partition coefficient (Wildman–Crippen LogP) is 13.8. The summed E-state index contributed by atoms with van der Waals surface area (Å²) in [5.74, 6) is 0.944. The van der Waals surface area contributed by atoms with E-state index in [0.29, 0.717) is 0 Å². The van der Waals surface area contributed by atoms with Crippen LogP contribution in [0.15, 0.2) is 182 Å². The third-order valence-corrected chi connectivity index (χ3v) is 11.8. The maximum absolute atomic E-state index is 5.43. The van der Waals surface area contributed by atoms with Crippen LogP contribution in [0.2, 0.25) is 0 Å². The molecular formula is C52H36N2. The Hall–Kier alpha value is -6.77. The molecule has 1 aliphatic rings. The maximum Gasteiger partial charge on any atom is 0.146 e. The summed E-state index contributed by atoms with van der Waals surface area (Å²) in [6.07, 6.45) is 0. The van der Waals surface area contributed by atoms with Gasteiger partial charge in [0.2, 0.25) is 0 Å². The molecule has 0 N–H and O–H groups in total. The van der Waals surface area contributed by atoms with Gasteiger partial charge in [0.1, 0.15) is 5.82 Å². The van der Waals surface area contributed by atoms with Gasteiger partial charge in [-0.05, 0) is 119 Å². The van der Waals surface area contributed by atoms with Gasteiger partial charge < -0.3 is 0 Å². The molecule has 0 bridgehead atoms. The van der Waals surface area contributed by atoms with E-state index in [0.717, 1.165) is 28.1 Å². The van der Waals surface area contributed by atoms with Crippen molar-refractivity contribution in [3.8, 4) is 50.5 Å². The number of rotatable bonds is 4. The number of hydrogen-bond acceptors (Lipinski definition) is 1. The predicted molar refractivity (Wildman–Crippen MR) is 227 cm³/mol. The first-order valence-corrected chi connectivity index (χ1v) is 18.8. The summed E-state index contributed by atoms with van der Waals surface area (Å²) in [4.78, 5) is 5.43. The van der Waals surface area contributed by atoms with Crippen molar-refractivity contribution in [1.29, 1.82) is 0 Å². The molecule has 10 aromatic rings. The summed E-state index contributed by atoms with van der Waals surface area (Å²) in [7, 11) is 0. The summed E-state index contributed by atoms with van der Waals surface area (Å²) in [5.41, 5.74) is 14.5. The first-order chi connectivity index (χ1) is 26.5. The quantitative estimate of drug-likeness (QED) is 0.168. The second-order valence-electron chi connectivity index (χ2n) is 15.1. The van der Waals surface area contributed by atoms with Gasteiger partial charge in [0.25, 0.3) is 0 Å². The minimum absolute atomic E-state index is 0.107. The highest BCUT2D eigenvalue weighted by molar-refractivity contribution is 6.22. The van der Waals surface area contributed by atoms with Crippen molar-refractivity contribution in [3.05, 3.63) is 193 Å². The van der Waals surface area contributed by atoms with Gasteiger partial charge in [-0.2, -0.15) is 0 Å². The summed E-state index contributed by atoms with van der Waals surface area (Å²) >= 11 is 0. The van der Waals surface area contributed by atoms with Crippen LogP contribution < -0.4 is 0 Å². The van der Waals surface area contributed by atoms with Crippen LogP contribution in [0.4, 0.5) is 0 Å². The van der Waals surface area contributed by atoms with Crippen LogP contribution in [0.5, 0.6) is 0 Å². The van der Waals surface area contributed by atoms with Gasteiger partial charge in [-0.15, -0.1) is 0 Å². The van der Waals surface area contributed by atoms with Gasteiger partial charge in [-0.25, -0.2) is 4.98 Å². The SMILES string of the molecule is CC1(C)c2ccccc2-c2ccc(-c3c4ccccc4c(-c4nc5ccccc5n4-c4ccccc4)c4ccc(-c5ccc6ccccc6c5)cc34)cc21. The lowest BCUT2D eigenvalue weighted by Crippen LogP contribution is -2.14. The molecule has 0 fully saturated rings. The van der Waals surface area contributed by atoms with Crippen molar-refractivity contribution in [2.24, 2.45) is 0 Å². The number of aromatic nitrogens is 2. The molecule has 11 rings (SSSR count). The second-order valence-corrected chi connectivity index (χ2v) is 15.1. The van der Waals surface area contributed by atoms with Crippen molar-refractivity contribution in [3.63, 3.8) is 0 Å². The summed E-state index contributed by atoms with van der Waals surface area (Å²) in [5, 5.41) is 7.30. The Morgan fingerprint density at radius 3 is 1.93 bits per heavy atom. The number of benzene rings is 9. The van der Waals surface area contributed by atoms with Crippen LogP contribution in [0.1, 0.15) is 25.0 Å². The largest absolute Gasteiger partial charge is 0.292 e. The Balaban J connectivity index is 1.25. The molecular weight excluding hydrogens is 653 g/mol. The molecule has 0 spiro atoms. The minimum Gasteiger partial charge on any atom is -0.292 e. The fraction of sp³-hybridized carbons (Fsp3) is 0.0577. The molecule has 254 valence electrons. The summed E-state index contributed by atoms with van der Waals surface area (Å²) in [6.45, 7) is 4.74.